The van der Waals surface area contributed by atoms with E-state index in [4.69, 9.17) is 0 Å². The molecule has 0 saturated heterocycles. The molecule has 2 nitrogen and oxygen atoms in total. The van der Waals surface area contributed by atoms with Crippen LogP contribution in [0.25, 0.3) is 0 Å². The minimum Gasteiger partial charge on any atom is -0.299 e. The molecule has 0 spiro atoms. The number of unbranched alkanes of at least 4 members (excludes halogenated alkanes) is 18. The van der Waals surface area contributed by atoms with Crippen LogP contribution in [0, 0.1) is 0 Å². The fourth-order valence-electron chi connectivity index (χ4n) is 5.69. The van der Waals surface area contributed by atoms with Gasteiger partial charge < -0.3 is 0 Å². The van der Waals surface area contributed by atoms with Crippen molar-refractivity contribution in [1.29, 1.82) is 0 Å². The summed E-state index contributed by atoms with van der Waals surface area (Å²) in [6.07, 6.45) is 28.4. The van der Waals surface area contributed by atoms with Crippen molar-refractivity contribution in [2.45, 2.75) is 169 Å². The summed E-state index contributed by atoms with van der Waals surface area (Å²) >= 11 is 0. The molecular weight excluding hydrogens is 460 g/mol. The molecule has 1 aromatic carbocycles. The maximum Gasteiger partial charge on any atom is 0.0236 e. The molecule has 0 saturated carbocycles. The molecule has 222 valence electrons. The molecule has 0 radical (unpaired) electrons. The lowest BCUT2D eigenvalue weighted by atomic mass is 10.0. The third kappa shape index (κ3) is 19.2. The summed E-state index contributed by atoms with van der Waals surface area (Å²) < 4.78 is 0. The zero-order valence-electron chi connectivity index (χ0n) is 26.6. The highest BCUT2D eigenvalue weighted by Crippen LogP contribution is 2.17. The van der Waals surface area contributed by atoms with Crippen molar-refractivity contribution in [3.63, 3.8) is 0 Å². The maximum absolute atomic E-state index is 2.67. The van der Waals surface area contributed by atoms with Crippen LogP contribution in [0.3, 0.4) is 0 Å². The van der Waals surface area contributed by atoms with Gasteiger partial charge in [-0.25, -0.2) is 0 Å². The minimum atomic E-state index is 1.11. The van der Waals surface area contributed by atoms with Crippen molar-refractivity contribution in [3.8, 4) is 0 Å². The van der Waals surface area contributed by atoms with Gasteiger partial charge in [-0.15, -0.1) is 0 Å². The lowest BCUT2D eigenvalue weighted by molar-refractivity contribution is 0.258. The van der Waals surface area contributed by atoms with Crippen LogP contribution in [-0.4, -0.2) is 36.0 Å². The molecule has 0 fully saturated rings. The average molecular weight is 529 g/mol. The van der Waals surface area contributed by atoms with E-state index in [2.05, 4.69) is 61.8 Å². The molecule has 0 N–H and O–H groups in total. The van der Waals surface area contributed by atoms with Gasteiger partial charge in [-0.3, -0.25) is 9.80 Å². The Bertz CT molecular complexity index is 560. The van der Waals surface area contributed by atoms with Crippen molar-refractivity contribution < 1.29 is 0 Å². The fraction of sp³-hybridized carbons (Fsp3) is 0.833. The zero-order chi connectivity index (χ0) is 27.5. The van der Waals surface area contributed by atoms with Gasteiger partial charge in [0.15, 0.2) is 0 Å². The number of nitrogens with zero attached hydrogens (tertiary/aromatic N) is 2. The van der Waals surface area contributed by atoms with Gasteiger partial charge in [0.25, 0.3) is 0 Å². The van der Waals surface area contributed by atoms with Gasteiger partial charge >= 0.3 is 0 Å². The molecule has 38 heavy (non-hydrogen) atoms. The molecular formula is C36H68N2. The average Bonchev–Trinajstić information content (AvgIpc) is 2.94. The normalized spacial score (nSPS) is 11.7. The fourth-order valence-corrected chi connectivity index (χ4v) is 5.69. The first-order valence-electron chi connectivity index (χ1n) is 17.3. The van der Waals surface area contributed by atoms with E-state index in [0.717, 1.165) is 26.2 Å². The highest BCUT2D eigenvalue weighted by atomic mass is 15.1. The second kappa shape index (κ2) is 26.4. The largest absolute Gasteiger partial charge is 0.299 e. The van der Waals surface area contributed by atoms with E-state index in [1.165, 1.54) is 142 Å². The quantitative estimate of drug-likeness (QED) is 0.0998. The molecule has 1 rings (SSSR count). The molecule has 1 aromatic rings. The molecule has 0 atom stereocenters. The Morgan fingerprint density at radius 1 is 0.395 bits per heavy atom. The summed E-state index contributed by atoms with van der Waals surface area (Å²) in [5.41, 5.74) is 3.09. The van der Waals surface area contributed by atoms with Crippen LogP contribution < -0.4 is 0 Å². The first-order valence-corrected chi connectivity index (χ1v) is 17.3. The van der Waals surface area contributed by atoms with Gasteiger partial charge in [0, 0.05) is 13.1 Å². The summed E-state index contributed by atoms with van der Waals surface area (Å²) in [6, 6.07) is 9.24. The highest BCUT2D eigenvalue weighted by Gasteiger charge is 2.11. The summed E-state index contributed by atoms with van der Waals surface area (Å²) in [5, 5.41) is 0. The molecule has 0 unspecified atom stereocenters. The molecule has 0 heterocycles. The Balaban J connectivity index is 2.27. The van der Waals surface area contributed by atoms with E-state index >= 15 is 0 Å². The van der Waals surface area contributed by atoms with Crippen molar-refractivity contribution in [3.05, 3.63) is 35.4 Å². The highest BCUT2D eigenvalue weighted by molar-refractivity contribution is 5.27. The molecule has 0 aliphatic carbocycles. The van der Waals surface area contributed by atoms with Crippen LogP contribution in [0.1, 0.15) is 167 Å². The van der Waals surface area contributed by atoms with Crippen LogP contribution in [0.15, 0.2) is 24.3 Å². The summed E-state index contributed by atoms with van der Waals surface area (Å²) in [5.74, 6) is 0. The number of benzene rings is 1. The molecule has 0 aliphatic heterocycles. The van der Waals surface area contributed by atoms with Gasteiger partial charge in [-0.1, -0.05) is 168 Å². The lowest BCUT2D eigenvalue weighted by Gasteiger charge is -2.25. The first-order chi connectivity index (χ1) is 18.7. The predicted molar refractivity (Wildman–Crippen MR) is 172 cm³/mol. The number of hydrogen-bond acceptors (Lipinski definition) is 2. The smallest absolute Gasteiger partial charge is 0.0236 e. The molecule has 2 heteroatoms. The Labute approximate surface area is 240 Å². The van der Waals surface area contributed by atoms with Crippen LogP contribution in [0.5, 0.6) is 0 Å². The van der Waals surface area contributed by atoms with Crippen molar-refractivity contribution in [2.24, 2.45) is 0 Å². The van der Waals surface area contributed by atoms with Gasteiger partial charge in [0.05, 0.1) is 0 Å². The summed E-state index contributed by atoms with van der Waals surface area (Å²) in [4.78, 5) is 5.34. The maximum atomic E-state index is 2.67. The third-order valence-corrected chi connectivity index (χ3v) is 8.46. The van der Waals surface area contributed by atoms with Crippen molar-refractivity contribution in [2.75, 3.05) is 26.2 Å². The van der Waals surface area contributed by atoms with E-state index in [1.54, 1.807) is 11.1 Å². The van der Waals surface area contributed by atoms with E-state index in [0.29, 0.717) is 0 Å². The Morgan fingerprint density at radius 2 is 0.684 bits per heavy atom. The third-order valence-electron chi connectivity index (χ3n) is 8.46. The zero-order valence-corrected chi connectivity index (χ0v) is 26.6. The van der Waals surface area contributed by atoms with Gasteiger partial charge in [-0.2, -0.15) is 0 Å². The van der Waals surface area contributed by atoms with Crippen molar-refractivity contribution >= 4 is 0 Å². The Hall–Kier alpha value is -0.860. The van der Waals surface area contributed by atoms with Gasteiger partial charge in [-0.05, 0) is 50.1 Å². The van der Waals surface area contributed by atoms with Crippen LogP contribution in [0.2, 0.25) is 0 Å². The SMILES string of the molecule is CCCCCCCCCCCCN(CC)Cc1ccccc1CN(CC)CCCCCCCCCCCC. The van der Waals surface area contributed by atoms with E-state index in [9.17, 15) is 0 Å². The molecule has 0 aliphatic rings. The number of hydrogen-bond donors (Lipinski definition) is 0. The van der Waals surface area contributed by atoms with Gasteiger partial charge in [0.2, 0.25) is 0 Å². The minimum absolute atomic E-state index is 1.11. The lowest BCUT2D eigenvalue weighted by Crippen LogP contribution is -2.27. The molecule has 0 aromatic heterocycles. The van der Waals surface area contributed by atoms with E-state index < -0.39 is 0 Å². The molecule has 0 bridgehead atoms. The van der Waals surface area contributed by atoms with E-state index in [1.807, 2.05) is 0 Å². The second-order valence-electron chi connectivity index (χ2n) is 11.9. The predicted octanol–water partition coefficient (Wildman–Crippen LogP) is 11.2. The first kappa shape index (κ1) is 35.2. The Morgan fingerprint density at radius 3 is 0.974 bits per heavy atom. The van der Waals surface area contributed by atoms with Crippen LogP contribution >= 0.6 is 0 Å². The number of rotatable bonds is 28. The monoisotopic (exact) mass is 529 g/mol. The van der Waals surface area contributed by atoms with Crippen LogP contribution in [-0.2, 0) is 13.1 Å². The standard InChI is InChI=1S/C36H68N2/c1-5-9-11-13-15-17-19-21-23-27-31-37(7-3)33-35-29-25-26-30-36(35)34-38(8-4)32-28-24-22-20-18-16-14-12-10-6-2/h25-26,29-30H,5-24,27-28,31-34H2,1-4H3. The summed E-state index contributed by atoms with van der Waals surface area (Å²) in [7, 11) is 0. The summed E-state index contributed by atoms with van der Waals surface area (Å²) in [6.45, 7) is 16.3. The van der Waals surface area contributed by atoms with Crippen LogP contribution in [0.4, 0.5) is 0 Å². The Kier molecular flexibility index (Phi) is 24.4. The topological polar surface area (TPSA) is 6.48 Å². The van der Waals surface area contributed by atoms with Gasteiger partial charge in [0.1, 0.15) is 0 Å². The van der Waals surface area contributed by atoms with Crippen molar-refractivity contribution in [1.82, 2.24) is 9.80 Å². The van der Waals surface area contributed by atoms with E-state index in [-0.39, 0.29) is 0 Å². The second-order valence-corrected chi connectivity index (χ2v) is 11.9. The molecule has 0 amide bonds.